The van der Waals surface area contributed by atoms with E-state index in [0.29, 0.717) is 25.0 Å². The van der Waals surface area contributed by atoms with Crippen molar-refractivity contribution in [1.82, 2.24) is 4.90 Å². The first-order valence-corrected chi connectivity index (χ1v) is 4.66. The quantitative estimate of drug-likeness (QED) is 0.677. The maximum absolute atomic E-state index is 10.7. The number of rotatable bonds is 3. The molecule has 1 N–H and O–H groups in total. The molecular weight excluding hydrogens is 180 g/mol. The van der Waals surface area contributed by atoms with Crippen LogP contribution in [0.3, 0.4) is 0 Å². The molecule has 0 aromatic rings. The molecule has 1 saturated heterocycles. The number of hydrogen-bond donors (Lipinski definition) is 1. The third kappa shape index (κ3) is 2.86. The average Bonchev–Trinajstić information content (AvgIpc) is 2.18. The number of nitrogens with zero attached hydrogens (tertiary/aromatic N) is 2. The Balaban J connectivity index is 2.33. The third-order valence-corrected chi connectivity index (χ3v) is 2.51. The van der Waals surface area contributed by atoms with E-state index in [1.54, 1.807) is 0 Å². The molecule has 76 valence electrons. The molecule has 1 aliphatic heterocycles. The van der Waals surface area contributed by atoms with Gasteiger partial charge in [0.2, 0.25) is 0 Å². The van der Waals surface area contributed by atoms with Gasteiger partial charge < -0.3 is 5.11 Å². The van der Waals surface area contributed by atoms with Crippen LogP contribution in [0.5, 0.6) is 0 Å². The number of carboxylic acid groups (broad SMARTS) is 1. The highest BCUT2D eigenvalue weighted by Crippen LogP contribution is 2.17. The predicted octanol–water partition coefficient (Wildman–Crippen LogP) is 0.863. The SMILES string of the molecule is C=C(C#N)CN1CCC(C(=O)O)CC1. The molecule has 1 heterocycles. The van der Waals surface area contributed by atoms with E-state index < -0.39 is 5.97 Å². The van der Waals surface area contributed by atoms with Gasteiger partial charge in [-0.2, -0.15) is 5.26 Å². The maximum Gasteiger partial charge on any atom is 0.306 e. The summed E-state index contributed by atoms with van der Waals surface area (Å²) in [5.41, 5.74) is 0.541. The molecule has 0 atom stereocenters. The first-order chi connectivity index (χ1) is 6.63. The standard InChI is InChI=1S/C10H14N2O2/c1-8(6-11)7-12-4-2-9(3-5-12)10(13)14/h9H,1-5,7H2,(H,13,14). The van der Waals surface area contributed by atoms with Crippen LogP contribution in [0.2, 0.25) is 0 Å². The summed E-state index contributed by atoms with van der Waals surface area (Å²) >= 11 is 0. The lowest BCUT2D eigenvalue weighted by Crippen LogP contribution is -2.37. The second-order valence-electron chi connectivity index (χ2n) is 3.60. The van der Waals surface area contributed by atoms with Crippen LogP contribution in [0.1, 0.15) is 12.8 Å². The van der Waals surface area contributed by atoms with Crippen molar-refractivity contribution in [2.45, 2.75) is 12.8 Å². The van der Waals surface area contributed by atoms with Crippen LogP contribution < -0.4 is 0 Å². The Bertz CT molecular complexity index is 272. The van der Waals surface area contributed by atoms with E-state index in [1.165, 1.54) is 0 Å². The van der Waals surface area contributed by atoms with Crippen LogP contribution in [0.4, 0.5) is 0 Å². The summed E-state index contributed by atoms with van der Waals surface area (Å²) in [4.78, 5) is 12.7. The average molecular weight is 194 g/mol. The molecule has 1 aliphatic rings. The van der Waals surface area contributed by atoms with Gasteiger partial charge in [0.05, 0.1) is 12.0 Å². The highest BCUT2D eigenvalue weighted by atomic mass is 16.4. The van der Waals surface area contributed by atoms with E-state index in [0.717, 1.165) is 13.1 Å². The molecule has 0 aliphatic carbocycles. The fourth-order valence-corrected chi connectivity index (χ4v) is 1.64. The van der Waals surface area contributed by atoms with E-state index >= 15 is 0 Å². The largest absolute Gasteiger partial charge is 0.481 e. The summed E-state index contributed by atoms with van der Waals surface area (Å²) in [7, 11) is 0. The van der Waals surface area contributed by atoms with Gasteiger partial charge in [0.15, 0.2) is 0 Å². The first-order valence-electron chi connectivity index (χ1n) is 4.66. The van der Waals surface area contributed by atoms with E-state index in [-0.39, 0.29) is 5.92 Å². The molecular formula is C10H14N2O2. The van der Waals surface area contributed by atoms with Crippen LogP contribution in [0.15, 0.2) is 12.2 Å². The Kier molecular flexibility index (Phi) is 3.66. The number of aliphatic carboxylic acids is 1. The van der Waals surface area contributed by atoms with Crippen LogP contribution in [0, 0.1) is 17.2 Å². The predicted molar refractivity (Wildman–Crippen MR) is 51.6 cm³/mol. The van der Waals surface area contributed by atoms with Crippen molar-refractivity contribution >= 4 is 5.97 Å². The lowest BCUT2D eigenvalue weighted by molar-refractivity contribution is -0.143. The fraction of sp³-hybridized carbons (Fsp3) is 0.600. The zero-order chi connectivity index (χ0) is 10.6. The highest BCUT2D eigenvalue weighted by Gasteiger charge is 2.24. The molecule has 0 bridgehead atoms. The third-order valence-electron chi connectivity index (χ3n) is 2.51. The molecule has 4 heteroatoms. The van der Waals surface area contributed by atoms with E-state index in [2.05, 4.69) is 11.5 Å². The van der Waals surface area contributed by atoms with E-state index in [9.17, 15) is 4.79 Å². The van der Waals surface area contributed by atoms with Crippen molar-refractivity contribution in [2.24, 2.45) is 5.92 Å². The summed E-state index contributed by atoms with van der Waals surface area (Å²) in [5.74, 6) is -0.912. The first kappa shape index (κ1) is 10.7. The number of carbonyl (C=O) groups is 1. The van der Waals surface area contributed by atoms with Crippen LogP contribution in [0.25, 0.3) is 0 Å². The lowest BCUT2D eigenvalue weighted by atomic mass is 9.97. The topological polar surface area (TPSA) is 64.3 Å². The van der Waals surface area contributed by atoms with Gasteiger partial charge in [0.1, 0.15) is 0 Å². The molecule has 0 saturated carbocycles. The summed E-state index contributed by atoms with van der Waals surface area (Å²) in [6.07, 6.45) is 1.35. The van der Waals surface area contributed by atoms with Crippen molar-refractivity contribution in [1.29, 1.82) is 5.26 Å². The van der Waals surface area contributed by atoms with Gasteiger partial charge in [-0.25, -0.2) is 0 Å². The molecule has 0 aromatic heterocycles. The smallest absolute Gasteiger partial charge is 0.306 e. The molecule has 0 aromatic carbocycles. The minimum Gasteiger partial charge on any atom is -0.481 e. The second kappa shape index (κ2) is 4.77. The van der Waals surface area contributed by atoms with Gasteiger partial charge in [-0.05, 0) is 25.9 Å². The van der Waals surface area contributed by atoms with E-state index in [4.69, 9.17) is 10.4 Å². The second-order valence-corrected chi connectivity index (χ2v) is 3.60. The normalized spacial score (nSPS) is 18.8. The molecule has 1 rings (SSSR count). The minimum atomic E-state index is -0.705. The van der Waals surface area contributed by atoms with Crippen molar-refractivity contribution in [3.05, 3.63) is 12.2 Å². The van der Waals surface area contributed by atoms with Crippen molar-refractivity contribution in [3.63, 3.8) is 0 Å². The van der Waals surface area contributed by atoms with Gasteiger partial charge in [-0.15, -0.1) is 0 Å². The van der Waals surface area contributed by atoms with Gasteiger partial charge >= 0.3 is 5.97 Å². The summed E-state index contributed by atoms with van der Waals surface area (Å²) in [6.45, 7) is 5.67. The van der Waals surface area contributed by atoms with Gasteiger partial charge in [0.25, 0.3) is 0 Å². The Labute approximate surface area is 83.4 Å². The number of hydrogen-bond acceptors (Lipinski definition) is 3. The number of piperidine rings is 1. The van der Waals surface area contributed by atoms with Crippen molar-refractivity contribution in [2.75, 3.05) is 19.6 Å². The zero-order valence-corrected chi connectivity index (χ0v) is 8.07. The lowest BCUT2D eigenvalue weighted by Gasteiger charge is -2.29. The minimum absolute atomic E-state index is 0.207. The summed E-state index contributed by atoms with van der Waals surface area (Å²) in [5, 5.41) is 17.3. The molecule has 0 amide bonds. The van der Waals surface area contributed by atoms with Crippen LogP contribution >= 0.6 is 0 Å². The molecule has 0 spiro atoms. The molecule has 14 heavy (non-hydrogen) atoms. The molecule has 0 unspecified atom stereocenters. The monoisotopic (exact) mass is 194 g/mol. The fourth-order valence-electron chi connectivity index (χ4n) is 1.64. The number of nitriles is 1. The number of likely N-dealkylation sites (tertiary alicyclic amines) is 1. The van der Waals surface area contributed by atoms with Gasteiger partial charge in [-0.1, -0.05) is 6.58 Å². The van der Waals surface area contributed by atoms with Crippen LogP contribution in [-0.2, 0) is 4.79 Å². The van der Waals surface area contributed by atoms with Crippen LogP contribution in [-0.4, -0.2) is 35.6 Å². The van der Waals surface area contributed by atoms with Crippen molar-refractivity contribution in [3.8, 4) is 6.07 Å². The van der Waals surface area contributed by atoms with E-state index in [1.807, 2.05) is 6.07 Å². The molecule has 4 nitrogen and oxygen atoms in total. The summed E-state index contributed by atoms with van der Waals surface area (Å²) < 4.78 is 0. The Morgan fingerprint density at radius 1 is 1.57 bits per heavy atom. The maximum atomic E-state index is 10.7. The molecule has 0 radical (unpaired) electrons. The Hall–Kier alpha value is -1.34. The Morgan fingerprint density at radius 2 is 2.14 bits per heavy atom. The number of carboxylic acids is 1. The van der Waals surface area contributed by atoms with Crippen molar-refractivity contribution < 1.29 is 9.90 Å². The highest BCUT2D eigenvalue weighted by molar-refractivity contribution is 5.70. The zero-order valence-electron chi connectivity index (χ0n) is 8.07. The molecule has 1 fully saturated rings. The Morgan fingerprint density at radius 3 is 2.57 bits per heavy atom. The summed E-state index contributed by atoms with van der Waals surface area (Å²) in [6, 6.07) is 1.99. The van der Waals surface area contributed by atoms with Gasteiger partial charge in [0, 0.05) is 12.1 Å². The van der Waals surface area contributed by atoms with Gasteiger partial charge in [-0.3, -0.25) is 9.69 Å².